The maximum Gasteiger partial charge on any atom is 0.340 e. The van der Waals surface area contributed by atoms with Gasteiger partial charge in [0, 0.05) is 10.5 Å². The lowest BCUT2D eigenvalue weighted by molar-refractivity contribution is 0.353. The van der Waals surface area contributed by atoms with Crippen LogP contribution in [0.4, 0.5) is 0 Å². The Bertz CT molecular complexity index is 786. The van der Waals surface area contributed by atoms with Gasteiger partial charge in [-0.25, -0.2) is 0 Å². The molecule has 0 aliphatic carbocycles. The highest BCUT2D eigenvalue weighted by molar-refractivity contribution is 9.10. The van der Waals surface area contributed by atoms with Crippen LogP contribution in [-0.2, 0) is 10.1 Å². The van der Waals surface area contributed by atoms with Gasteiger partial charge in [0.05, 0.1) is 21.3 Å². The van der Waals surface area contributed by atoms with E-state index in [2.05, 4.69) is 15.9 Å². The fourth-order valence-electron chi connectivity index (χ4n) is 1.83. The summed E-state index contributed by atoms with van der Waals surface area (Å²) in [4.78, 5) is -0.0639. The van der Waals surface area contributed by atoms with Crippen LogP contribution in [0.1, 0.15) is 0 Å². The van der Waals surface area contributed by atoms with Gasteiger partial charge in [0.2, 0.25) is 0 Å². The summed E-state index contributed by atoms with van der Waals surface area (Å²) in [6.07, 6.45) is 0. The minimum absolute atomic E-state index is 0.0639. The van der Waals surface area contributed by atoms with E-state index in [0.29, 0.717) is 16.0 Å². The number of halogens is 1. The molecule has 0 saturated carbocycles. The molecule has 0 atom stereocenters. The van der Waals surface area contributed by atoms with Gasteiger partial charge in [-0.1, -0.05) is 0 Å². The second-order valence-corrected chi connectivity index (χ2v) is 6.72. The molecule has 2 aromatic carbocycles. The Labute approximate surface area is 143 Å². The Kier molecular flexibility index (Phi) is 5.38. The van der Waals surface area contributed by atoms with Crippen LogP contribution in [0, 0.1) is 0 Å². The summed E-state index contributed by atoms with van der Waals surface area (Å²) < 4.78 is 45.6. The Morgan fingerprint density at radius 1 is 0.826 bits per heavy atom. The third kappa shape index (κ3) is 3.89. The molecule has 0 aliphatic rings. The Hall–Kier alpha value is -1.93. The van der Waals surface area contributed by atoms with Crippen molar-refractivity contribution in [3.8, 4) is 23.0 Å². The second-order valence-electron chi connectivity index (χ2n) is 4.35. The quantitative estimate of drug-likeness (QED) is 0.690. The highest BCUT2D eigenvalue weighted by atomic mass is 79.9. The lowest BCUT2D eigenvalue weighted by Gasteiger charge is -2.13. The predicted molar refractivity (Wildman–Crippen MR) is 88.1 cm³/mol. The molecule has 0 unspecified atom stereocenters. The molecule has 6 nitrogen and oxygen atoms in total. The van der Waals surface area contributed by atoms with Gasteiger partial charge in [0.25, 0.3) is 0 Å². The highest BCUT2D eigenvalue weighted by Crippen LogP contribution is 2.36. The zero-order valence-corrected chi connectivity index (χ0v) is 15.1. The van der Waals surface area contributed by atoms with Gasteiger partial charge in [0.15, 0.2) is 11.5 Å². The standard InChI is InChI=1S/C15H15BrO6S/c1-19-10-4-6-11(7-5-10)22-23(17,18)15-9-14(21-3)13(20-2)8-12(15)16/h4-9H,1-3H3. The van der Waals surface area contributed by atoms with Gasteiger partial charge in [-0.2, -0.15) is 8.42 Å². The van der Waals surface area contributed by atoms with Crippen LogP contribution < -0.4 is 18.4 Å². The van der Waals surface area contributed by atoms with Crippen molar-refractivity contribution in [3.63, 3.8) is 0 Å². The van der Waals surface area contributed by atoms with E-state index < -0.39 is 10.1 Å². The van der Waals surface area contributed by atoms with E-state index in [1.165, 1.54) is 45.6 Å². The fourth-order valence-corrected chi connectivity index (χ4v) is 3.75. The molecule has 0 spiro atoms. The molecule has 0 saturated heterocycles. The van der Waals surface area contributed by atoms with Crippen LogP contribution in [0.2, 0.25) is 0 Å². The third-order valence-corrected chi connectivity index (χ3v) is 5.18. The maximum absolute atomic E-state index is 12.5. The third-order valence-electron chi connectivity index (χ3n) is 2.97. The minimum atomic E-state index is -4.04. The SMILES string of the molecule is COc1ccc(OS(=O)(=O)c2cc(OC)c(OC)cc2Br)cc1. The van der Waals surface area contributed by atoms with Crippen LogP contribution in [0.25, 0.3) is 0 Å². The molecule has 0 amide bonds. The Morgan fingerprint density at radius 2 is 1.35 bits per heavy atom. The first kappa shape index (κ1) is 17.4. The van der Waals surface area contributed by atoms with Crippen molar-refractivity contribution >= 4 is 26.0 Å². The molecule has 124 valence electrons. The van der Waals surface area contributed by atoms with Crippen molar-refractivity contribution in [2.75, 3.05) is 21.3 Å². The van der Waals surface area contributed by atoms with E-state index in [1.54, 1.807) is 12.1 Å². The smallest absolute Gasteiger partial charge is 0.340 e. The molecule has 0 aromatic heterocycles. The van der Waals surface area contributed by atoms with E-state index in [0.717, 1.165) is 0 Å². The largest absolute Gasteiger partial charge is 0.497 e. The summed E-state index contributed by atoms with van der Waals surface area (Å²) in [7, 11) is 0.364. The molecule has 0 N–H and O–H groups in total. The molecule has 0 radical (unpaired) electrons. The van der Waals surface area contributed by atoms with Crippen LogP contribution >= 0.6 is 15.9 Å². The van der Waals surface area contributed by atoms with Crippen molar-refractivity contribution in [2.24, 2.45) is 0 Å². The van der Waals surface area contributed by atoms with Gasteiger partial charge in [0.1, 0.15) is 16.4 Å². The molecular formula is C15H15BrO6S. The second kappa shape index (κ2) is 7.10. The van der Waals surface area contributed by atoms with Crippen LogP contribution in [0.3, 0.4) is 0 Å². The zero-order chi connectivity index (χ0) is 17.0. The topological polar surface area (TPSA) is 71.1 Å². The van der Waals surface area contributed by atoms with Gasteiger partial charge in [-0.3, -0.25) is 0 Å². The average Bonchev–Trinajstić information content (AvgIpc) is 2.54. The maximum atomic E-state index is 12.5. The van der Waals surface area contributed by atoms with Crippen molar-refractivity contribution in [1.29, 1.82) is 0 Å². The predicted octanol–water partition coefficient (Wildman–Crippen LogP) is 3.24. The van der Waals surface area contributed by atoms with Gasteiger partial charge in [-0.15, -0.1) is 0 Å². The number of methoxy groups -OCH3 is 3. The molecule has 0 bridgehead atoms. The van der Waals surface area contributed by atoms with Crippen molar-refractivity contribution in [1.82, 2.24) is 0 Å². The number of benzene rings is 2. The highest BCUT2D eigenvalue weighted by Gasteiger charge is 2.23. The molecule has 23 heavy (non-hydrogen) atoms. The number of rotatable bonds is 6. The van der Waals surface area contributed by atoms with Crippen molar-refractivity contribution in [3.05, 3.63) is 40.9 Å². The first-order valence-corrected chi connectivity index (χ1v) is 8.61. The first-order chi connectivity index (χ1) is 10.9. The van der Waals surface area contributed by atoms with Gasteiger partial charge < -0.3 is 18.4 Å². The van der Waals surface area contributed by atoms with Gasteiger partial charge >= 0.3 is 10.1 Å². The van der Waals surface area contributed by atoms with Crippen molar-refractivity contribution < 1.29 is 26.8 Å². The lowest BCUT2D eigenvalue weighted by Crippen LogP contribution is -2.11. The Morgan fingerprint density at radius 3 is 1.87 bits per heavy atom. The molecule has 8 heteroatoms. The van der Waals surface area contributed by atoms with Gasteiger partial charge in [-0.05, 0) is 46.3 Å². The summed E-state index contributed by atoms with van der Waals surface area (Å²) in [6.45, 7) is 0. The lowest BCUT2D eigenvalue weighted by atomic mass is 10.3. The summed E-state index contributed by atoms with van der Waals surface area (Å²) in [5, 5.41) is 0. The number of ether oxygens (including phenoxy) is 3. The van der Waals surface area contributed by atoms with Crippen LogP contribution in [0.5, 0.6) is 23.0 Å². The van der Waals surface area contributed by atoms with Crippen molar-refractivity contribution in [2.45, 2.75) is 4.90 Å². The summed E-state index contributed by atoms with van der Waals surface area (Å²) in [5.41, 5.74) is 0. The van der Waals surface area contributed by atoms with E-state index in [9.17, 15) is 8.42 Å². The first-order valence-electron chi connectivity index (χ1n) is 6.41. The molecule has 0 fully saturated rings. The van der Waals surface area contributed by atoms with Crippen LogP contribution in [0.15, 0.2) is 45.8 Å². The fraction of sp³-hybridized carbons (Fsp3) is 0.200. The molecule has 0 aliphatic heterocycles. The van der Waals surface area contributed by atoms with E-state index in [4.69, 9.17) is 18.4 Å². The summed E-state index contributed by atoms with van der Waals surface area (Å²) in [6, 6.07) is 9.06. The summed E-state index contributed by atoms with van der Waals surface area (Å²) >= 11 is 3.21. The van der Waals surface area contributed by atoms with E-state index in [-0.39, 0.29) is 16.4 Å². The molecular weight excluding hydrogens is 388 g/mol. The monoisotopic (exact) mass is 402 g/mol. The normalized spacial score (nSPS) is 11.0. The number of hydrogen-bond acceptors (Lipinski definition) is 6. The molecule has 2 aromatic rings. The molecule has 0 heterocycles. The summed E-state index contributed by atoms with van der Waals surface area (Å²) in [5.74, 6) is 1.46. The van der Waals surface area contributed by atoms with E-state index >= 15 is 0 Å². The number of hydrogen-bond donors (Lipinski definition) is 0. The zero-order valence-electron chi connectivity index (χ0n) is 12.7. The van der Waals surface area contributed by atoms with Crippen LogP contribution in [-0.4, -0.2) is 29.7 Å². The van der Waals surface area contributed by atoms with E-state index in [1.807, 2.05) is 0 Å². The average molecular weight is 403 g/mol. The molecule has 2 rings (SSSR count). The minimum Gasteiger partial charge on any atom is -0.497 e. The Balaban J connectivity index is 2.38.